The number of carboxylic acids is 1. The first-order valence-corrected chi connectivity index (χ1v) is 5.94. The minimum atomic E-state index is -1.09. The van der Waals surface area contributed by atoms with Gasteiger partial charge in [0.2, 0.25) is 0 Å². The molecule has 2 aromatic rings. The standard InChI is InChI=1S/C12H12N4O3/c17-12(18)10-11(8-2-1-4-13-6-8)16(15-14-10)9-3-5-19-7-9/h1-2,4,6,9H,3,5,7H2,(H,17,18). The molecule has 7 heteroatoms. The normalized spacial score (nSPS) is 18.6. The van der Waals surface area contributed by atoms with E-state index in [4.69, 9.17) is 4.74 Å². The number of aromatic carboxylic acids is 1. The smallest absolute Gasteiger partial charge is 0.358 e. The van der Waals surface area contributed by atoms with E-state index in [1.165, 1.54) is 0 Å². The number of carbonyl (C=O) groups is 1. The topological polar surface area (TPSA) is 90.1 Å². The third-order valence-electron chi connectivity index (χ3n) is 3.08. The molecule has 2 aromatic heterocycles. The lowest BCUT2D eigenvalue weighted by atomic mass is 10.1. The van der Waals surface area contributed by atoms with Crippen molar-refractivity contribution < 1.29 is 14.6 Å². The molecule has 1 saturated heterocycles. The van der Waals surface area contributed by atoms with Crippen LogP contribution in [-0.2, 0) is 4.74 Å². The third-order valence-corrected chi connectivity index (χ3v) is 3.08. The van der Waals surface area contributed by atoms with Gasteiger partial charge in [-0.25, -0.2) is 9.48 Å². The summed E-state index contributed by atoms with van der Waals surface area (Å²) in [5.74, 6) is -1.09. The number of hydrogen-bond acceptors (Lipinski definition) is 5. The van der Waals surface area contributed by atoms with Gasteiger partial charge in [0.25, 0.3) is 0 Å². The molecule has 1 aliphatic rings. The molecule has 0 radical (unpaired) electrons. The summed E-state index contributed by atoms with van der Waals surface area (Å²) >= 11 is 0. The minimum absolute atomic E-state index is 0.0239. The quantitative estimate of drug-likeness (QED) is 0.885. The molecule has 0 aliphatic carbocycles. The van der Waals surface area contributed by atoms with Gasteiger partial charge in [0.15, 0.2) is 5.69 Å². The Morgan fingerprint density at radius 3 is 3.05 bits per heavy atom. The molecule has 1 atom stereocenters. The van der Waals surface area contributed by atoms with Crippen LogP contribution in [0.2, 0.25) is 0 Å². The van der Waals surface area contributed by atoms with E-state index >= 15 is 0 Å². The van der Waals surface area contributed by atoms with Crippen LogP contribution in [0, 0.1) is 0 Å². The van der Waals surface area contributed by atoms with E-state index in [0.717, 1.165) is 6.42 Å². The zero-order valence-electron chi connectivity index (χ0n) is 10.1. The van der Waals surface area contributed by atoms with Crippen molar-refractivity contribution in [1.82, 2.24) is 20.0 Å². The highest BCUT2D eigenvalue weighted by Crippen LogP contribution is 2.28. The first kappa shape index (κ1) is 11.8. The van der Waals surface area contributed by atoms with Gasteiger partial charge in [-0.1, -0.05) is 5.21 Å². The molecule has 1 unspecified atom stereocenters. The molecule has 3 rings (SSSR count). The first-order chi connectivity index (χ1) is 9.27. The van der Waals surface area contributed by atoms with E-state index in [1.54, 1.807) is 29.2 Å². The molecule has 7 nitrogen and oxygen atoms in total. The average Bonchev–Trinajstić information content (AvgIpc) is 3.08. The number of rotatable bonds is 3. The van der Waals surface area contributed by atoms with E-state index in [-0.39, 0.29) is 11.7 Å². The van der Waals surface area contributed by atoms with Gasteiger partial charge in [-0.15, -0.1) is 5.10 Å². The highest BCUT2D eigenvalue weighted by molar-refractivity contribution is 5.92. The predicted molar refractivity (Wildman–Crippen MR) is 64.7 cm³/mol. The van der Waals surface area contributed by atoms with E-state index < -0.39 is 5.97 Å². The molecule has 1 fully saturated rings. The van der Waals surface area contributed by atoms with E-state index in [0.29, 0.717) is 24.5 Å². The van der Waals surface area contributed by atoms with Crippen LogP contribution in [0.1, 0.15) is 23.0 Å². The number of hydrogen-bond donors (Lipinski definition) is 1. The Bertz CT molecular complexity index is 590. The maximum absolute atomic E-state index is 11.3. The van der Waals surface area contributed by atoms with Gasteiger partial charge in [-0.3, -0.25) is 4.98 Å². The van der Waals surface area contributed by atoms with E-state index in [2.05, 4.69) is 15.3 Å². The van der Waals surface area contributed by atoms with Crippen LogP contribution < -0.4 is 0 Å². The van der Waals surface area contributed by atoms with Crippen molar-refractivity contribution in [2.24, 2.45) is 0 Å². The van der Waals surface area contributed by atoms with Gasteiger partial charge in [-0.2, -0.15) is 0 Å². The maximum Gasteiger partial charge on any atom is 0.358 e. The van der Waals surface area contributed by atoms with E-state index in [1.807, 2.05) is 0 Å². The molecule has 0 spiro atoms. The Morgan fingerprint density at radius 1 is 1.53 bits per heavy atom. The lowest BCUT2D eigenvalue weighted by molar-refractivity contribution is 0.0691. The third kappa shape index (κ3) is 2.08. The summed E-state index contributed by atoms with van der Waals surface area (Å²) in [6, 6.07) is 3.57. The number of nitrogens with zero attached hydrogens (tertiary/aromatic N) is 4. The molecule has 3 heterocycles. The Morgan fingerprint density at radius 2 is 2.42 bits per heavy atom. The van der Waals surface area contributed by atoms with Gasteiger partial charge in [0.05, 0.1) is 12.6 Å². The van der Waals surface area contributed by atoms with Crippen molar-refractivity contribution in [2.45, 2.75) is 12.5 Å². The molecule has 1 aliphatic heterocycles. The number of ether oxygens (including phenoxy) is 1. The summed E-state index contributed by atoms with van der Waals surface area (Å²) in [7, 11) is 0. The largest absolute Gasteiger partial charge is 0.476 e. The summed E-state index contributed by atoms with van der Waals surface area (Å²) in [5, 5.41) is 17.0. The first-order valence-electron chi connectivity index (χ1n) is 5.94. The Kier molecular flexibility index (Phi) is 2.96. The van der Waals surface area contributed by atoms with Gasteiger partial charge < -0.3 is 9.84 Å². The number of pyridine rings is 1. The van der Waals surface area contributed by atoms with Crippen LogP contribution in [0.3, 0.4) is 0 Å². The second kappa shape index (κ2) is 4.77. The van der Waals surface area contributed by atoms with Gasteiger partial charge in [-0.05, 0) is 18.6 Å². The van der Waals surface area contributed by atoms with Crippen LogP contribution in [0.5, 0.6) is 0 Å². The minimum Gasteiger partial charge on any atom is -0.476 e. The fourth-order valence-corrected chi connectivity index (χ4v) is 2.18. The highest BCUT2D eigenvalue weighted by atomic mass is 16.5. The van der Waals surface area contributed by atoms with Crippen molar-refractivity contribution in [3.05, 3.63) is 30.2 Å². The molecule has 98 valence electrons. The van der Waals surface area contributed by atoms with Crippen LogP contribution in [0.15, 0.2) is 24.5 Å². The summed E-state index contributed by atoms with van der Waals surface area (Å²) in [6.07, 6.45) is 4.05. The number of aromatic nitrogens is 4. The van der Waals surface area contributed by atoms with Crippen LogP contribution in [0.25, 0.3) is 11.3 Å². The Balaban J connectivity index is 2.13. The summed E-state index contributed by atoms with van der Waals surface area (Å²) < 4.78 is 6.95. The Labute approximate surface area is 108 Å². The molecule has 0 bridgehead atoms. The predicted octanol–water partition coefficient (Wildman–Crippen LogP) is 1.000. The lowest BCUT2D eigenvalue weighted by Gasteiger charge is -2.11. The zero-order valence-corrected chi connectivity index (χ0v) is 10.1. The molecule has 0 saturated carbocycles. The van der Waals surface area contributed by atoms with Crippen molar-refractivity contribution in [1.29, 1.82) is 0 Å². The summed E-state index contributed by atoms with van der Waals surface area (Å²) in [5.41, 5.74) is 1.12. The molecule has 1 N–H and O–H groups in total. The fourth-order valence-electron chi connectivity index (χ4n) is 2.18. The molecular formula is C12H12N4O3. The van der Waals surface area contributed by atoms with Gasteiger partial charge in [0, 0.05) is 24.6 Å². The summed E-state index contributed by atoms with van der Waals surface area (Å²) in [6.45, 7) is 1.18. The van der Waals surface area contributed by atoms with Crippen LogP contribution in [-0.4, -0.2) is 44.3 Å². The van der Waals surface area contributed by atoms with Crippen LogP contribution >= 0.6 is 0 Å². The second-order valence-corrected chi connectivity index (χ2v) is 4.30. The van der Waals surface area contributed by atoms with Gasteiger partial charge in [0.1, 0.15) is 5.69 Å². The fraction of sp³-hybridized carbons (Fsp3) is 0.333. The summed E-state index contributed by atoms with van der Waals surface area (Å²) in [4.78, 5) is 15.3. The molecule has 19 heavy (non-hydrogen) atoms. The van der Waals surface area contributed by atoms with Crippen molar-refractivity contribution in [2.75, 3.05) is 13.2 Å². The molecule has 0 amide bonds. The second-order valence-electron chi connectivity index (χ2n) is 4.30. The SMILES string of the molecule is O=C(O)c1nnn(C2CCOC2)c1-c1cccnc1. The molecule has 0 aromatic carbocycles. The molecular weight excluding hydrogens is 248 g/mol. The van der Waals surface area contributed by atoms with Crippen molar-refractivity contribution >= 4 is 5.97 Å². The van der Waals surface area contributed by atoms with E-state index in [9.17, 15) is 9.90 Å². The monoisotopic (exact) mass is 260 g/mol. The van der Waals surface area contributed by atoms with Gasteiger partial charge >= 0.3 is 5.97 Å². The maximum atomic E-state index is 11.3. The Hall–Kier alpha value is -2.28. The average molecular weight is 260 g/mol. The lowest BCUT2D eigenvalue weighted by Crippen LogP contribution is -2.12. The van der Waals surface area contributed by atoms with Crippen molar-refractivity contribution in [3.8, 4) is 11.3 Å². The van der Waals surface area contributed by atoms with Crippen LogP contribution in [0.4, 0.5) is 0 Å². The highest BCUT2D eigenvalue weighted by Gasteiger charge is 2.27. The zero-order chi connectivity index (χ0) is 13.2. The number of carboxylic acid groups (broad SMARTS) is 1. The van der Waals surface area contributed by atoms with Crippen molar-refractivity contribution in [3.63, 3.8) is 0 Å².